The summed E-state index contributed by atoms with van der Waals surface area (Å²) in [6.45, 7) is 0. The number of rotatable bonds is 6. The van der Waals surface area contributed by atoms with E-state index in [1.54, 1.807) is 17.6 Å². The van der Waals surface area contributed by atoms with Gasteiger partial charge in [0.2, 0.25) is 5.91 Å². The average Bonchev–Trinajstić information content (AvgIpc) is 3.39. The second kappa shape index (κ2) is 7.87. The molecule has 2 heterocycles. The summed E-state index contributed by atoms with van der Waals surface area (Å²) in [6, 6.07) is 12.3. The van der Waals surface area contributed by atoms with E-state index in [1.807, 2.05) is 36.4 Å². The minimum atomic E-state index is 0.128. The number of thiazole rings is 1. The SMILES string of the molecule is O=C(CC/C(=C/c1ccco1)c1nc2ccccc2s1)NC1CCCC1. The first-order valence-electron chi connectivity index (χ1n) is 9.17. The van der Waals surface area contributed by atoms with E-state index < -0.39 is 0 Å². The van der Waals surface area contributed by atoms with Crippen LogP contribution in [0.3, 0.4) is 0 Å². The first-order valence-corrected chi connectivity index (χ1v) is 9.99. The molecule has 4 nitrogen and oxygen atoms in total. The summed E-state index contributed by atoms with van der Waals surface area (Å²) in [6.07, 6.45) is 9.45. The van der Waals surface area contributed by atoms with Crippen LogP contribution in [0.15, 0.2) is 47.1 Å². The molecule has 0 spiro atoms. The van der Waals surface area contributed by atoms with Gasteiger partial charge < -0.3 is 9.73 Å². The van der Waals surface area contributed by atoms with Crippen molar-refractivity contribution in [2.45, 2.75) is 44.6 Å². The molecule has 134 valence electrons. The third kappa shape index (κ3) is 4.05. The molecule has 0 aliphatic heterocycles. The van der Waals surface area contributed by atoms with Crippen molar-refractivity contribution in [2.24, 2.45) is 0 Å². The number of amides is 1. The summed E-state index contributed by atoms with van der Waals surface area (Å²) >= 11 is 1.66. The number of benzene rings is 1. The van der Waals surface area contributed by atoms with Crippen LogP contribution in [0.5, 0.6) is 0 Å². The van der Waals surface area contributed by atoms with E-state index in [0.717, 1.165) is 39.4 Å². The summed E-state index contributed by atoms with van der Waals surface area (Å²) in [5.41, 5.74) is 2.04. The maximum Gasteiger partial charge on any atom is 0.220 e. The Hall–Kier alpha value is -2.40. The van der Waals surface area contributed by atoms with Gasteiger partial charge in [0.25, 0.3) is 0 Å². The van der Waals surface area contributed by atoms with Gasteiger partial charge in [-0.3, -0.25) is 4.79 Å². The van der Waals surface area contributed by atoms with Gasteiger partial charge >= 0.3 is 0 Å². The molecule has 1 aromatic carbocycles. The molecule has 1 saturated carbocycles. The molecule has 0 radical (unpaired) electrons. The highest BCUT2D eigenvalue weighted by Crippen LogP contribution is 2.31. The van der Waals surface area contributed by atoms with Gasteiger partial charge in [-0.1, -0.05) is 25.0 Å². The van der Waals surface area contributed by atoms with Crippen LogP contribution in [0.4, 0.5) is 0 Å². The van der Waals surface area contributed by atoms with Gasteiger partial charge in [-0.25, -0.2) is 4.98 Å². The predicted molar refractivity (Wildman–Crippen MR) is 106 cm³/mol. The molecule has 0 unspecified atom stereocenters. The second-order valence-corrected chi connectivity index (χ2v) is 7.75. The lowest BCUT2D eigenvalue weighted by molar-refractivity contribution is -0.121. The molecule has 4 rings (SSSR count). The van der Waals surface area contributed by atoms with Crippen molar-refractivity contribution in [3.05, 3.63) is 53.4 Å². The molecule has 1 amide bonds. The molecule has 1 aliphatic carbocycles. The third-order valence-electron chi connectivity index (χ3n) is 4.77. The number of hydrogen-bond donors (Lipinski definition) is 1. The molecule has 0 saturated heterocycles. The lowest BCUT2D eigenvalue weighted by Crippen LogP contribution is -2.32. The van der Waals surface area contributed by atoms with Crippen molar-refractivity contribution in [3.8, 4) is 0 Å². The van der Waals surface area contributed by atoms with E-state index in [4.69, 9.17) is 9.40 Å². The molecule has 0 atom stereocenters. The minimum Gasteiger partial charge on any atom is -0.465 e. The average molecular weight is 366 g/mol. The van der Waals surface area contributed by atoms with Crippen LogP contribution >= 0.6 is 11.3 Å². The van der Waals surface area contributed by atoms with Gasteiger partial charge in [0, 0.05) is 12.5 Å². The Morgan fingerprint density at radius 3 is 2.81 bits per heavy atom. The topological polar surface area (TPSA) is 55.1 Å². The van der Waals surface area contributed by atoms with Crippen LogP contribution < -0.4 is 5.32 Å². The number of aromatic nitrogens is 1. The van der Waals surface area contributed by atoms with E-state index in [1.165, 1.54) is 12.8 Å². The summed E-state index contributed by atoms with van der Waals surface area (Å²) in [4.78, 5) is 17.1. The standard InChI is InChI=1S/C21H22N2O2S/c24-20(22-16-6-1-2-7-16)12-11-15(14-17-8-5-13-25-17)21-23-18-9-3-4-10-19(18)26-21/h3-5,8-10,13-14,16H,1-2,6-7,11-12H2,(H,22,24)/b15-14-. The van der Waals surface area contributed by atoms with Crippen LogP contribution in [0, 0.1) is 0 Å². The van der Waals surface area contributed by atoms with Gasteiger partial charge in [-0.05, 0) is 55.2 Å². The van der Waals surface area contributed by atoms with Gasteiger partial charge in [-0.2, -0.15) is 0 Å². The van der Waals surface area contributed by atoms with Crippen molar-refractivity contribution >= 4 is 39.1 Å². The molecule has 26 heavy (non-hydrogen) atoms. The van der Waals surface area contributed by atoms with Crippen molar-refractivity contribution in [2.75, 3.05) is 0 Å². The number of fused-ring (bicyclic) bond motifs is 1. The van der Waals surface area contributed by atoms with Gasteiger partial charge in [0.15, 0.2) is 0 Å². The van der Waals surface area contributed by atoms with E-state index >= 15 is 0 Å². The number of para-hydroxylation sites is 1. The Balaban J connectivity index is 1.52. The van der Waals surface area contributed by atoms with Crippen LogP contribution in [0.1, 0.15) is 49.3 Å². The highest BCUT2D eigenvalue weighted by molar-refractivity contribution is 7.19. The molecule has 5 heteroatoms. The fraction of sp³-hybridized carbons (Fsp3) is 0.333. The number of nitrogens with zero attached hydrogens (tertiary/aromatic N) is 1. The third-order valence-corrected chi connectivity index (χ3v) is 5.88. The largest absolute Gasteiger partial charge is 0.465 e. The zero-order chi connectivity index (χ0) is 17.8. The maximum absolute atomic E-state index is 12.3. The van der Waals surface area contributed by atoms with E-state index in [0.29, 0.717) is 18.9 Å². The van der Waals surface area contributed by atoms with Crippen molar-refractivity contribution < 1.29 is 9.21 Å². The van der Waals surface area contributed by atoms with Crippen LogP contribution in [0.25, 0.3) is 21.9 Å². The number of nitrogens with one attached hydrogen (secondary N) is 1. The summed E-state index contributed by atoms with van der Waals surface area (Å²) in [7, 11) is 0. The smallest absolute Gasteiger partial charge is 0.220 e. The molecular weight excluding hydrogens is 344 g/mol. The highest BCUT2D eigenvalue weighted by atomic mass is 32.1. The predicted octanol–water partition coefficient (Wildman–Crippen LogP) is 5.27. The number of hydrogen-bond acceptors (Lipinski definition) is 4. The first kappa shape index (κ1) is 17.0. The number of furan rings is 1. The van der Waals surface area contributed by atoms with Crippen molar-refractivity contribution in [1.82, 2.24) is 10.3 Å². The normalized spacial score (nSPS) is 15.6. The van der Waals surface area contributed by atoms with E-state index in [-0.39, 0.29) is 5.91 Å². The van der Waals surface area contributed by atoms with Crippen molar-refractivity contribution in [3.63, 3.8) is 0 Å². The molecule has 2 aromatic heterocycles. The molecule has 1 fully saturated rings. The highest BCUT2D eigenvalue weighted by Gasteiger charge is 2.18. The van der Waals surface area contributed by atoms with Gasteiger partial charge in [0.05, 0.1) is 16.5 Å². The zero-order valence-corrected chi connectivity index (χ0v) is 15.4. The second-order valence-electron chi connectivity index (χ2n) is 6.72. The maximum atomic E-state index is 12.3. The number of allylic oxidation sites excluding steroid dienone is 1. The van der Waals surface area contributed by atoms with Crippen LogP contribution in [-0.4, -0.2) is 16.9 Å². The first-order chi connectivity index (χ1) is 12.8. The molecular formula is C21H22N2O2S. The number of carbonyl (C=O) groups is 1. The monoisotopic (exact) mass is 366 g/mol. The lowest BCUT2D eigenvalue weighted by Gasteiger charge is -2.12. The Kier molecular flexibility index (Phi) is 5.16. The zero-order valence-electron chi connectivity index (χ0n) is 14.6. The van der Waals surface area contributed by atoms with Crippen LogP contribution in [-0.2, 0) is 4.79 Å². The lowest BCUT2D eigenvalue weighted by atomic mass is 10.1. The summed E-state index contributed by atoms with van der Waals surface area (Å²) in [5.74, 6) is 0.916. The van der Waals surface area contributed by atoms with E-state index in [2.05, 4.69) is 11.4 Å². The van der Waals surface area contributed by atoms with Gasteiger partial charge in [0.1, 0.15) is 10.8 Å². The molecule has 0 bridgehead atoms. The minimum absolute atomic E-state index is 0.128. The Labute approximate surface area is 156 Å². The number of carbonyl (C=O) groups excluding carboxylic acids is 1. The molecule has 1 N–H and O–H groups in total. The molecule has 1 aliphatic rings. The Morgan fingerprint density at radius 2 is 2.04 bits per heavy atom. The molecule has 3 aromatic rings. The van der Waals surface area contributed by atoms with Crippen molar-refractivity contribution in [1.29, 1.82) is 0 Å². The fourth-order valence-corrected chi connectivity index (χ4v) is 4.42. The van der Waals surface area contributed by atoms with Gasteiger partial charge in [-0.15, -0.1) is 11.3 Å². The quantitative estimate of drug-likeness (QED) is 0.647. The van der Waals surface area contributed by atoms with Crippen LogP contribution in [0.2, 0.25) is 0 Å². The summed E-state index contributed by atoms with van der Waals surface area (Å²) < 4.78 is 6.63. The fourth-order valence-electron chi connectivity index (χ4n) is 3.41. The Bertz CT molecular complexity index is 872. The van der Waals surface area contributed by atoms with E-state index in [9.17, 15) is 4.79 Å². The Morgan fingerprint density at radius 1 is 1.19 bits per heavy atom. The summed E-state index contributed by atoms with van der Waals surface area (Å²) in [5, 5.41) is 4.12.